The van der Waals surface area contributed by atoms with Gasteiger partial charge in [-0.15, -0.1) is 0 Å². The minimum Gasteiger partial charge on any atom is -0.497 e. The van der Waals surface area contributed by atoms with Crippen LogP contribution in [0.25, 0.3) is 0 Å². The molecular formula is C20H19ClN2OS. The maximum Gasteiger partial charge on any atom is 0.151 e. The second-order valence-electron chi connectivity index (χ2n) is 5.65. The van der Waals surface area contributed by atoms with Crippen molar-refractivity contribution in [3.63, 3.8) is 0 Å². The second-order valence-corrected chi connectivity index (χ2v) is 6.97. The van der Waals surface area contributed by atoms with Crippen molar-refractivity contribution in [3.05, 3.63) is 82.3 Å². The third-order valence-electron chi connectivity index (χ3n) is 3.80. The lowest BCUT2D eigenvalue weighted by Crippen LogP contribution is -2.01. The lowest BCUT2D eigenvalue weighted by Gasteiger charge is -2.10. The standard InChI is InChI=1S/C20H19ClN2OS/c1-14-20(25-13-16-8-10-17(24-2)11-9-16)23-18(19(21)22-14)12-15-6-4-3-5-7-15/h3-11H,12-13H2,1-2H3. The molecule has 3 rings (SSSR count). The third kappa shape index (κ3) is 4.74. The first-order chi connectivity index (χ1) is 12.2. The summed E-state index contributed by atoms with van der Waals surface area (Å²) in [6, 6.07) is 18.2. The van der Waals surface area contributed by atoms with E-state index in [1.54, 1.807) is 18.9 Å². The van der Waals surface area contributed by atoms with E-state index in [4.69, 9.17) is 21.3 Å². The molecule has 0 saturated carbocycles. The Morgan fingerprint density at radius 3 is 2.36 bits per heavy atom. The van der Waals surface area contributed by atoms with E-state index in [0.29, 0.717) is 11.6 Å². The van der Waals surface area contributed by atoms with Crippen LogP contribution in [0.3, 0.4) is 0 Å². The summed E-state index contributed by atoms with van der Waals surface area (Å²) in [5, 5.41) is 1.40. The van der Waals surface area contributed by atoms with Gasteiger partial charge in [0.15, 0.2) is 5.15 Å². The van der Waals surface area contributed by atoms with E-state index in [1.807, 2.05) is 37.3 Å². The minimum absolute atomic E-state index is 0.482. The first-order valence-corrected chi connectivity index (χ1v) is 9.34. The van der Waals surface area contributed by atoms with Crippen LogP contribution < -0.4 is 4.74 Å². The SMILES string of the molecule is COc1ccc(CSc2nc(Cc3ccccc3)c(Cl)nc2C)cc1. The largest absolute Gasteiger partial charge is 0.497 e. The molecule has 0 N–H and O–H groups in total. The maximum atomic E-state index is 6.31. The fourth-order valence-corrected chi connectivity index (χ4v) is 3.58. The highest BCUT2D eigenvalue weighted by atomic mass is 35.5. The molecule has 0 radical (unpaired) electrons. The first kappa shape index (κ1) is 17.8. The van der Waals surface area contributed by atoms with Gasteiger partial charge in [-0.1, -0.05) is 65.8 Å². The highest BCUT2D eigenvalue weighted by Gasteiger charge is 2.11. The Kier molecular flexibility index (Phi) is 5.95. The van der Waals surface area contributed by atoms with Gasteiger partial charge < -0.3 is 4.74 Å². The van der Waals surface area contributed by atoms with Gasteiger partial charge in [0, 0.05) is 12.2 Å². The van der Waals surface area contributed by atoms with Crippen LogP contribution in [0.4, 0.5) is 0 Å². The van der Waals surface area contributed by atoms with Crippen molar-refractivity contribution in [2.45, 2.75) is 24.1 Å². The van der Waals surface area contributed by atoms with Gasteiger partial charge in [0.1, 0.15) is 10.8 Å². The Morgan fingerprint density at radius 1 is 0.960 bits per heavy atom. The van der Waals surface area contributed by atoms with Crippen molar-refractivity contribution < 1.29 is 4.74 Å². The molecule has 1 heterocycles. The van der Waals surface area contributed by atoms with Crippen LogP contribution in [-0.4, -0.2) is 17.1 Å². The average Bonchev–Trinajstić information content (AvgIpc) is 2.64. The zero-order chi connectivity index (χ0) is 17.6. The minimum atomic E-state index is 0.482. The molecule has 0 aliphatic carbocycles. The number of aromatic nitrogens is 2. The molecule has 0 fully saturated rings. The van der Waals surface area contributed by atoms with Gasteiger partial charge in [0.2, 0.25) is 0 Å². The first-order valence-electron chi connectivity index (χ1n) is 7.98. The third-order valence-corrected chi connectivity index (χ3v) is 5.24. The lowest BCUT2D eigenvalue weighted by atomic mass is 10.1. The molecule has 0 bridgehead atoms. The average molecular weight is 371 g/mol. The summed E-state index contributed by atoms with van der Waals surface area (Å²) in [5.41, 5.74) is 4.07. The number of rotatable bonds is 6. The van der Waals surface area contributed by atoms with Crippen LogP contribution in [0.1, 0.15) is 22.5 Å². The molecule has 0 unspecified atom stereocenters. The van der Waals surface area contributed by atoms with Crippen LogP contribution >= 0.6 is 23.4 Å². The number of ether oxygens (including phenoxy) is 1. The molecule has 0 spiro atoms. The summed E-state index contributed by atoms with van der Waals surface area (Å²) in [7, 11) is 1.67. The molecule has 25 heavy (non-hydrogen) atoms. The molecular weight excluding hydrogens is 352 g/mol. The smallest absolute Gasteiger partial charge is 0.151 e. The summed E-state index contributed by atoms with van der Waals surface area (Å²) in [6.45, 7) is 1.95. The van der Waals surface area contributed by atoms with Gasteiger partial charge >= 0.3 is 0 Å². The molecule has 1 aromatic heterocycles. The summed E-state index contributed by atoms with van der Waals surface area (Å²) < 4.78 is 5.19. The number of aryl methyl sites for hydroxylation is 1. The van der Waals surface area contributed by atoms with E-state index in [0.717, 1.165) is 27.9 Å². The second kappa shape index (κ2) is 8.37. The van der Waals surface area contributed by atoms with Gasteiger partial charge in [-0.3, -0.25) is 0 Å². The van der Waals surface area contributed by atoms with E-state index in [9.17, 15) is 0 Å². The Bertz CT molecular complexity index is 838. The molecule has 128 valence electrons. The van der Waals surface area contributed by atoms with Gasteiger partial charge in [0.05, 0.1) is 18.5 Å². The Labute approximate surface area is 157 Å². The fraction of sp³-hybridized carbons (Fsp3) is 0.200. The Balaban J connectivity index is 1.75. The number of halogens is 1. The number of nitrogens with zero attached hydrogens (tertiary/aromatic N) is 2. The van der Waals surface area contributed by atoms with Crippen molar-refractivity contribution >= 4 is 23.4 Å². The van der Waals surface area contributed by atoms with Gasteiger partial charge in [0.25, 0.3) is 0 Å². The zero-order valence-corrected chi connectivity index (χ0v) is 15.8. The molecule has 0 atom stereocenters. The Morgan fingerprint density at radius 2 is 1.68 bits per heavy atom. The van der Waals surface area contributed by atoms with Crippen LogP contribution in [0.15, 0.2) is 59.6 Å². The molecule has 0 aliphatic rings. The summed E-state index contributed by atoms with van der Waals surface area (Å²) >= 11 is 7.98. The van der Waals surface area contributed by atoms with Crippen LogP contribution in [0.5, 0.6) is 5.75 Å². The maximum absolute atomic E-state index is 6.31. The zero-order valence-electron chi connectivity index (χ0n) is 14.2. The number of benzene rings is 2. The predicted octanol–water partition coefficient (Wildman–Crippen LogP) is 5.33. The number of hydrogen-bond donors (Lipinski definition) is 0. The number of methoxy groups -OCH3 is 1. The number of thioether (sulfide) groups is 1. The number of hydrogen-bond acceptors (Lipinski definition) is 4. The molecule has 0 amide bonds. The van der Waals surface area contributed by atoms with Crippen molar-refractivity contribution in [3.8, 4) is 5.75 Å². The Hall–Kier alpha value is -2.04. The lowest BCUT2D eigenvalue weighted by molar-refractivity contribution is 0.414. The molecule has 3 aromatic rings. The van der Waals surface area contributed by atoms with Crippen molar-refractivity contribution in [1.29, 1.82) is 0 Å². The molecule has 2 aromatic carbocycles. The van der Waals surface area contributed by atoms with Crippen LogP contribution in [0.2, 0.25) is 5.15 Å². The van der Waals surface area contributed by atoms with Crippen LogP contribution in [-0.2, 0) is 12.2 Å². The highest BCUT2D eigenvalue weighted by molar-refractivity contribution is 7.98. The quantitative estimate of drug-likeness (QED) is 0.549. The molecule has 3 nitrogen and oxygen atoms in total. The van der Waals surface area contributed by atoms with Crippen LogP contribution in [0, 0.1) is 6.92 Å². The monoisotopic (exact) mass is 370 g/mol. The van der Waals surface area contributed by atoms with E-state index in [2.05, 4.69) is 29.2 Å². The van der Waals surface area contributed by atoms with E-state index < -0.39 is 0 Å². The summed E-state index contributed by atoms with van der Waals surface area (Å²) in [6.07, 6.45) is 0.684. The fourth-order valence-electron chi connectivity index (χ4n) is 2.42. The molecule has 0 saturated heterocycles. The van der Waals surface area contributed by atoms with Gasteiger partial charge in [-0.2, -0.15) is 0 Å². The van der Waals surface area contributed by atoms with Gasteiger partial charge in [-0.25, -0.2) is 9.97 Å². The predicted molar refractivity (Wildman–Crippen MR) is 104 cm³/mol. The molecule has 5 heteroatoms. The summed E-state index contributed by atoms with van der Waals surface area (Å²) in [5.74, 6) is 1.69. The molecule has 0 aliphatic heterocycles. The normalized spacial score (nSPS) is 10.7. The topological polar surface area (TPSA) is 35.0 Å². The van der Waals surface area contributed by atoms with Crippen molar-refractivity contribution in [2.75, 3.05) is 7.11 Å². The highest BCUT2D eigenvalue weighted by Crippen LogP contribution is 2.27. The van der Waals surface area contributed by atoms with Crippen molar-refractivity contribution in [2.24, 2.45) is 0 Å². The summed E-state index contributed by atoms with van der Waals surface area (Å²) in [4.78, 5) is 9.23. The van der Waals surface area contributed by atoms with E-state index >= 15 is 0 Å². The van der Waals surface area contributed by atoms with Crippen molar-refractivity contribution in [1.82, 2.24) is 9.97 Å². The van der Waals surface area contributed by atoms with Gasteiger partial charge in [-0.05, 0) is 30.2 Å². The van der Waals surface area contributed by atoms with E-state index in [-0.39, 0.29) is 0 Å². The van der Waals surface area contributed by atoms with E-state index in [1.165, 1.54) is 11.1 Å².